The Morgan fingerprint density at radius 1 is 1.05 bits per heavy atom. The number of halogens is 3. The summed E-state index contributed by atoms with van der Waals surface area (Å²) in [7, 11) is 1.53. The van der Waals surface area contributed by atoms with Crippen molar-refractivity contribution in [2.75, 3.05) is 33.5 Å². The fraction of sp³-hybridized carbons (Fsp3) is 0.370. The topological polar surface area (TPSA) is 68.2 Å². The Kier molecular flexibility index (Phi) is 6.87. The smallest absolute Gasteiger partial charge is 0.496 e. The molecule has 0 aliphatic carbocycles. The van der Waals surface area contributed by atoms with E-state index in [0.717, 1.165) is 27.9 Å². The number of benzene rings is 2. The van der Waals surface area contributed by atoms with E-state index in [1.165, 1.54) is 25.3 Å². The van der Waals surface area contributed by atoms with Crippen LogP contribution in [0.15, 0.2) is 47.3 Å². The maximum Gasteiger partial charge on any atom is 0.573 e. The summed E-state index contributed by atoms with van der Waals surface area (Å²) in [5.41, 5.74) is 4.67. The van der Waals surface area contributed by atoms with Crippen LogP contribution in [0.25, 0.3) is 22.4 Å². The summed E-state index contributed by atoms with van der Waals surface area (Å²) in [5, 5.41) is 0. The normalized spacial score (nSPS) is 17.1. The van der Waals surface area contributed by atoms with Crippen molar-refractivity contribution in [2.24, 2.45) is 0 Å². The van der Waals surface area contributed by atoms with Gasteiger partial charge in [0.25, 0.3) is 5.56 Å². The van der Waals surface area contributed by atoms with Crippen LogP contribution in [0.5, 0.6) is 17.2 Å². The molecule has 2 aromatic carbocycles. The zero-order chi connectivity index (χ0) is 26.2. The van der Waals surface area contributed by atoms with Gasteiger partial charge in [-0.2, -0.15) is 0 Å². The minimum absolute atomic E-state index is 0.162. The highest BCUT2D eigenvalue weighted by Crippen LogP contribution is 2.41. The minimum Gasteiger partial charge on any atom is -0.496 e. The van der Waals surface area contributed by atoms with Gasteiger partial charge in [0.1, 0.15) is 30.0 Å². The second-order valence-corrected chi connectivity index (χ2v) is 8.88. The molecule has 0 saturated carbocycles. The van der Waals surface area contributed by atoms with E-state index in [0.29, 0.717) is 49.8 Å². The van der Waals surface area contributed by atoms with E-state index < -0.39 is 6.36 Å². The number of aromatic nitrogens is 1. The van der Waals surface area contributed by atoms with Gasteiger partial charge in [-0.3, -0.25) is 4.79 Å². The Hall–Kier alpha value is -3.50. The largest absolute Gasteiger partial charge is 0.573 e. The number of aryl methyl sites for hydroxylation is 1. The summed E-state index contributed by atoms with van der Waals surface area (Å²) in [4.78, 5) is 13.0. The van der Waals surface area contributed by atoms with Gasteiger partial charge in [-0.1, -0.05) is 12.1 Å². The molecule has 7 nitrogen and oxygen atoms in total. The van der Waals surface area contributed by atoms with Gasteiger partial charge in [-0.05, 0) is 48.7 Å². The quantitative estimate of drug-likeness (QED) is 0.470. The summed E-state index contributed by atoms with van der Waals surface area (Å²) in [6.45, 7) is 4.18. The van der Waals surface area contributed by atoms with Crippen LogP contribution in [0, 0.1) is 6.92 Å². The lowest BCUT2D eigenvalue weighted by molar-refractivity contribution is -0.274. The van der Waals surface area contributed by atoms with Crippen molar-refractivity contribution in [1.82, 2.24) is 4.57 Å². The number of alkyl halides is 3. The number of pyridine rings is 1. The highest BCUT2D eigenvalue weighted by atomic mass is 19.4. The van der Waals surface area contributed by atoms with Crippen molar-refractivity contribution in [3.8, 4) is 39.6 Å². The first-order valence-electron chi connectivity index (χ1n) is 11.9. The van der Waals surface area contributed by atoms with Crippen molar-refractivity contribution in [3.63, 3.8) is 0 Å². The highest BCUT2D eigenvalue weighted by molar-refractivity contribution is 5.80. The van der Waals surface area contributed by atoms with Gasteiger partial charge in [0.05, 0.1) is 32.6 Å². The van der Waals surface area contributed by atoms with E-state index in [2.05, 4.69) is 4.74 Å². The maximum atomic E-state index is 13.0. The van der Waals surface area contributed by atoms with E-state index in [1.807, 2.05) is 19.1 Å². The van der Waals surface area contributed by atoms with Crippen LogP contribution in [-0.4, -0.2) is 50.6 Å². The first kappa shape index (κ1) is 25.2. The average Bonchev–Trinajstić information content (AvgIpc) is 2.88. The molecule has 2 aliphatic heterocycles. The summed E-state index contributed by atoms with van der Waals surface area (Å²) < 4.78 is 66.0. The number of hydrogen-bond donors (Lipinski definition) is 0. The number of rotatable bonds is 6. The van der Waals surface area contributed by atoms with Crippen molar-refractivity contribution in [3.05, 3.63) is 63.9 Å². The molecule has 0 radical (unpaired) electrons. The Bertz CT molecular complexity index is 1340. The molecular weight excluding hydrogens is 491 g/mol. The third kappa shape index (κ3) is 5.30. The second-order valence-electron chi connectivity index (χ2n) is 8.88. The molecule has 0 spiro atoms. The molecule has 196 valence electrons. The molecule has 0 amide bonds. The fourth-order valence-corrected chi connectivity index (χ4v) is 4.78. The van der Waals surface area contributed by atoms with Crippen LogP contribution in [0.1, 0.15) is 11.1 Å². The van der Waals surface area contributed by atoms with Crippen molar-refractivity contribution >= 4 is 0 Å². The first-order chi connectivity index (χ1) is 17.7. The molecule has 3 heterocycles. The van der Waals surface area contributed by atoms with Gasteiger partial charge in [0.15, 0.2) is 0 Å². The lowest BCUT2D eigenvalue weighted by Crippen LogP contribution is -2.34. The van der Waals surface area contributed by atoms with Gasteiger partial charge in [-0.15, -0.1) is 13.2 Å². The molecule has 2 aliphatic rings. The summed E-state index contributed by atoms with van der Waals surface area (Å²) in [5.74, 6) is 0.721. The molecule has 5 rings (SSSR count). The van der Waals surface area contributed by atoms with E-state index >= 15 is 0 Å². The molecule has 10 heteroatoms. The molecule has 37 heavy (non-hydrogen) atoms. The highest BCUT2D eigenvalue weighted by Gasteiger charge is 2.31. The van der Waals surface area contributed by atoms with E-state index in [-0.39, 0.29) is 24.0 Å². The lowest BCUT2D eigenvalue weighted by atomic mass is 9.90. The van der Waals surface area contributed by atoms with Crippen molar-refractivity contribution in [1.29, 1.82) is 0 Å². The van der Waals surface area contributed by atoms with Crippen molar-refractivity contribution < 1.29 is 36.9 Å². The number of ether oxygens (including phenoxy) is 5. The molecule has 1 saturated heterocycles. The zero-order valence-electron chi connectivity index (χ0n) is 20.4. The maximum absolute atomic E-state index is 13.0. The van der Waals surface area contributed by atoms with Crippen LogP contribution >= 0.6 is 0 Å². The third-order valence-electron chi connectivity index (χ3n) is 6.51. The Balaban J connectivity index is 1.50. The molecule has 1 fully saturated rings. The van der Waals surface area contributed by atoms with Gasteiger partial charge < -0.3 is 28.3 Å². The summed E-state index contributed by atoms with van der Waals surface area (Å²) >= 11 is 0. The van der Waals surface area contributed by atoms with Crippen LogP contribution < -0.4 is 19.8 Å². The number of methoxy groups -OCH3 is 1. The molecule has 3 aromatic rings. The predicted molar refractivity (Wildman–Crippen MR) is 129 cm³/mol. The Labute approximate surface area is 211 Å². The Morgan fingerprint density at radius 3 is 2.51 bits per heavy atom. The number of fused-ring (bicyclic) bond motifs is 3. The molecule has 1 atom stereocenters. The number of hydrogen-bond acceptors (Lipinski definition) is 6. The molecule has 1 aromatic heterocycles. The monoisotopic (exact) mass is 517 g/mol. The molecule has 0 N–H and O–H groups in total. The second kappa shape index (κ2) is 10.1. The standard InChI is InChI=1S/C27H26F3NO6/c1-16-23(36-15-20-14-34-9-10-35-20)13-25(32)31-8-7-18-11-21(24(33-2)12-22(18)26(16)31)17-3-5-19(6-4-17)37-27(28,29)30/h3-6,11-13,20H,7-10,14-15H2,1-2H3. The third-order valence-corrected chi connectivity index (χ3v) is 6.51. The van der Waals surface area contributed by atoms with Crippen molar-refractivity contribution in [2.45, 2.75) is 32.4 Å². The SMILES string of the molecule is COc1cc2c(cc1-c1ccc(OC(F)(F)F)cc1)CCn1c-2c(C)c(OCC2COCCO2)cc1=O. The fourth-order valence-electron chi connectivity index (χ4n) is 4.78. The Morgan fingerprint density at radius 2 is 1.84 bits per heavy atom. The predicted octanol–water partition coefficient (Wildman–Crippen LogP) is 4.75. The van der Waals surface area contributed by atoms with Crippen LogP contribution in [0.2, 0.25) is 0 Å². The molecule has 1 unspecified atom stereocenters. The summed E-state index contributed by atoms with van der Waals surface area (Å²) in [6, 6.07) is 11.0. The van der Waals surface area contributed by atoms with Gasteiger partial charge in [0.2, 0.25) is 0 Å². The van der Waals surface area contributed by atoms with E-state index in [1.54, 1.807) is 16.7 Å². The number of nitrogens with zero attached hydrogens (tertiary/aromatic N) is 1. The van der Waals surface area contributed by atoms with Crippen LogP contribution in [0.3, 0.4) is 0 Å². The van der Waals surface area contributed by atoms with Gasteiger partial charge in [0, 0.05) is 29.3 Å². The van der Waals surface area contributed by atoms with Gasteiger partial charge in [-0.25, -0.2) is 0 Å². The van der Waals surface area contributed by atoms with Crippen LogP contribution in [0.4, 0.5) is 13.2 Å². The van der Waals surface area contributed by atoms with E-state index in [4.69, 9.17) is 18.9 Å². The molecular formula is C27H26F3NO6. The van der Waals surface area contributed by atoms with Gasteiger partial charge >= 0.3 is 6.36 Å². The molecule has 0 bridgehead atoms. The first-order valence-corrected chi connectivity index (χ1v) is 11.9. The average molecular weight is 518 g/mol. The minimum atomic E-state index is -4.76. The summed E-state index contributed by atoms with van der Waals surface area (Å²) in [6.07, 6.45) is -4.34. The lowest BCUT2D eigenvalue weighted by Gasteiger charge is -2.27. The van der Waals surface area contributed by atoms with Crippen LogP contribution in [-0.2, 0) is 22.4 Å². The zero-order valence-corrected chi connectivity index (χ0v) is 20.4. The van der Waals surface area contributed by atoms with E-state index in [9.17, 15) is 18.0 Å².